The summed E-state index contributed by atoms with van der Waals surface area (Å²) in [6.07, 6.45) is 1.31. The first-order chi connectivity index (χ1) is 14.4. The molecule has 154 valence electrons. The number of aryl methyl sites for hydroxylation is 2. The number of carbonyl (C=O) groups excluding carboxylic acids is 1. The van der Waals surface area contributed by atoms with E-state index in [1.807, 2.05) is 6.92 Å². The van der Waals surface area contributed by atoms with E-state index in [4.69, 9.17) is 0 Å². The summed E-state index contributed by atoms with van der Waals surface area (Å²) in [7, 11) is -3.70. The van der Waals surface area contributed by atoms with Gasteiger partial charge in [0.2, 0.25) is 0 Å². The van der Waals surface area contributed by atoms with Gasteiger partial charge in [-0.15, -0.1) is 0 Å². The van der Waals surface area contributed by atoms with Crippen molar-refractivity contribution in [3.8, 4) is 0 Å². The minimum Gasteiger partial charge on any atom is -0.319 e. The Balaban J connectivity index is 1.63. The van der Waals surface area contributed by atoms with Gasteiger partial charge in [-0.05, 0) is 67.8 Å². The smallest absolute Gasteiger partial charge is 0.264 e. The summed E-state index contributed by atoms with van der Waals surface area (Å²) in [6.45, 7) is 2.28. The highest BCUT2D eigenvalue weighted by Crippen LogP contribution is 2.33. The van der Waals surface area contributed by atoms with Crippen LogP contribution >= 0.6 is 0 Å². The Bertz CT molecular complexity index is 1210. The third kappa shape index (κ3) is 3.80. The lowest BCUT2D eigenvalue weighted by molar-refractivity contribution is 0.102. The molecule has 0 aliphatic carbocycles. The molecule has 0 saturated heterocycles. The zero-order chi connectivity index (χ0) is 21.3. The summed E-state index contributed by atoms with van der Waals surface area (Å²) in [5, 5.41) is 2.56. The number of nitrogens with zero attached hydrogens (tertiary/aromatic N) is 1. The molecule has 0 saturated carbocycles. The molecular formula is C23H21FN2O3S. The molecule has 4 rings (SSSR count). The van der Waals surface area contributed by atoms with Crippen molar-refractivity contribution in [2.45, 2.75) is 24.7 Å². The molecule has 0 fully saturated rings. The molecule has 30 heavy (non-hydrogen) atoms. The molecule has 1 N–H and O–H groups in total. The van der Waals surface area contributed by atoms with Crippen LogP contribution in [0.3, 0.4) is 0 Å². The minimum atomic E-state index is -3.70. The molecule has 7 heteroatoms. The zero-order valence-corrected chi connectivity index (χ0v) is 17.2. The van der Waals surface area contributed by atoms with Crippen LogP contribution in [0.15, 0.2) is 71.6 Å². The summed E-state index contributed by atoms with van der Waals surface area (Å²) in [6, 6.07) is 17.6. The van der Waals surface area contributed by atoms with Crippen molar-refractivity contribution in [1.29, 1.82) is 0 Å². The number of halogens is 1. The Labute approximate surface area is 175 Å². The van der Waals surface area contributed by atoms with Gasteiger partial charge in [0.15, 0.2) is 0 Å². The number of hydrogen-bond acceptors (Lipinski definition) is 3. The molecule has 0 bridgehead atoms. The van der Waals surface area contributed by atoms with Crippen molar-refractivity contribution < 1.29 is 17.6 Å². The number of para-hydroxylation sites is 1. The van der Waals surface area contributed by atoms with Crippen LogP contribution in [-0.2, 0) is 16.4 Å². The molecule has 1 aliphatic heterocycles. The summed E-state index contributed by atoms with van der Waals surface area (Å²) in [5.74, 6) is -0.958. The standard InChI is InChI=1S/C23H21FN2O3S/c1-16-8-11-19(12-9-16)30(28,29)26-14-4-5-17-15-18(10-13-22(17)26)23(27)25-21-7-3-2-6-20(21)24/h2-3,6-13,15H,4-5,14H2,1H3,(H,25,27). The summed E-state index contributed by atoms with van der Waals surface area (Å²) < 4.78 is 41.5. The Kier molecular flexibility index (Phi) is 5.30. The number of nitrogens with one attached hydrogen (secondary N) is 1. The monoisotopic (exact) mass is 424 g/mol. The first-order valence-electron chi connectivity index (χ1n) is 9.64. The molecule has 5 nitrogen and oxygen atoms in total. The third-order valence-electron chi connectivity index (χ3n) is 5.15. The van der Waals surface area contributed by atoms with Gasteiger partial charge < -0.3 is 5.32 Å². The van der Waals surface area contributed by atoms with Crippen LogP contribution < -0.4 is 9.62 Å². The van der Waals surface area contributed by atoms with Gasteiger partial charge in [0, 0.05) is 12.1 Å². The fourth-order valence-corrected chi connectivity index (χ4v) is 5.09. The molecule has 0 spiro atoms. The Morgan fingerprint density at radius 3 is 2.50 bits per heavy atom. The van der Waals surface area contributed by atoms with Gasteiger partial charge in [-0.1, -0.05) is 29.8 Å². The lowest BCUT2D eigenvalue weighted by Crippen LogP contribution is -2.35. The first-order valence-corrected chi connectivity index (χ1v) is 11.1. The van der Waals surface area contributed by atoms with E-state index in [1.54, 1.807) is 54.6 Å². The molecule has 3 aromatic carbocycles. The number of amides is 1. The third-order valence-corrected chi connectivity index (χ3v) is 6.98. The van der Waals surface area contributed by atoms with Gasteiger partial charge in [-0.3, -0.25) is 9.10 Å². The number of carbonyl (C=O) groups is 1. The molecule has 1 heterocycles. The van der Waals surface area contributed by atoms with Crippen molar-refractivity contribution in [1.82, 2.24) is 0 Å². The predicted octanol–water partition coefficient (Wildman–Crippen LogP) is 4.53. The molecule has 3 aromatic rings. The fraction of sp³-hybridized carbons (Fsp3) is 0.174. The molecule has 1 aliphatic rings. The maximum atomic E-state index is 13.8. The Morgan fingerprint density at radius 2 is 1.77 bits per heavy atom. The summed E-state index contributed by atoms with van der Waals surface area (Å²) in [5.41, 5.74) is 2.79. The van der Waals surface area contributed by atoms with Crippen LogP contribution in [0.5, 0.6) is 0 Å². The van der Waals surface area contributed by atoms with E-state index in [0.717, 1.165) is 11.1 Å². The predicted molar refractivity (Wildman–Crippen MR) is 115 cm³/mol. The maximum absolute atomic E-state index is 13.8. The van der Waals surface area contributed by atoms with E-state index in [9.17, 15) is 17.6 Å². The molecule has 0 unspecified atom stereocenters. The van der Waals surface area contributed by atoms with Gasteiger partial charge in [-0.2, -0.15) is 0 Å². The van der Waals surface area contributed by atoms with E-state index in [1.165, 1.54) is 16.4 Å². The highest BCUT2D eigenvalue weighted by Gasteiger charge is 2.29. The summed E-state index contributed by atoms with van der Waals surface area (Å²) in [4.78, 5) is 12.8. The quantitative estimate of drug-likeness (QED) is 0.669. The van der Waals surface area contributed by atoms with Crippen molar-refractivity contribution in [2.75, 3.05) is 16.2 Å². The lowest BCUT2D eigenvalue weighted by atomic mass is 10.0. The van der Waals surface area contributed by atoms with Gasteiger partial charge in [0.05, 0.1) is 16.3 Å². The molecule has 1 amide bonds. The first kappa shape index (κ1) is 20.1. The van der Waals surface area contributed by atoms with E-state index >= 15 is 0 Å². The Morgan fingerprint density at radius 1 is 1.03 bits per heavy atom. The van der Waals surface area contributed by atoms with Crippen LogP contribution in [-0.4, -0.2) is 20.9 Å². The topological polar surface area (TPSA) is 66.5 Å². The normalized spacial score (nSPS) is 13.6. The number of hydrogen-bond donors (Lipinski definition) is 1. The zero-order valence-electron chi connectivity index (χ0n) is 16.4. The number of sulfonamides is 1. The van der Waals surface area contributed by atoms with Crippen molar-refractivity contribution in [3.05, 3.63) is 89.2 Å². The lowest BCUT2D eigenvalue weighted by Gasteiger charge is -2.30. The van der Waals surface area contributed by atoms with Crippen LogP contribution in [0.25, 0.3) is 0 Å². The average Bonchev–Trinajstić information content (AvgIpc) is 2.74. The van der Waals surface area contributed by atoms with E-state index in [-0.39, 0.29) is 10.6 Å². The highest BCUT2D eigenvalue weighted by atomic mass is 32.2. The van der Waals surface area contributed by atoms with E-state index < -0.39 is 21.7 Å². The van der Waals surface area contributed by atoms with Crippen molar-refractivity contribution in [2.24, 2.45) is 0 Å². The summed E-state index contributed by atoms with van der Waals surface area (Å²) >= 11 is 0. The highest BCUT2D eigenvalue weighted by molar-refractivity contribution is 7.92. The fourth-order valence-electron chi connectivity index (χ4n) is 3.55. The Hall–Kier alpha value is -3.19. The maximum Gasteiger partial charge on any atom is 0.264 e. The molecule has 0 atom stereocenters. The van der Waals surface area contributed by atoms with Gasteiger partial charge in [-0.25, -0.2) is 12.8 Å². The largest absolute Gasteiger partial charge is 0.319 e. The second kappa shape index (κ2) is 7.91. The van der Waals surface area contributed by atoms with Gasteiger partial charge in [0.1, 0.15) is 5.82 Å². The molecular weight excluding hydrogens is 403 g/mol. The number of benzene rings is 3. The van der Waals surface area contributed by atoms with E-state index in [2.05, 4.69) is 5.32 Å². The van der Waals surface area contributed by atoms with Crippen LogP contribution in [0.2, 0.25) is 0 Å². The van der Waals surface area contributed by atoms with Gasteiger partial charge in [0.25, 0.3) is 15.9 Å². The molecule has 0 aromatic heterocycles. The van der Waals surface area contributed by atoms with Crippen molar-refractivity contribution in [3.63, 3.8) is 0 Å². The number of rotatable bonds is 4. The molecule has 0 radical (unpaired) electrons. The SMILES string of the molecule is Cc1ccc(S(=O)(=O)N2CCCc3cc(C(=O)Nc4ccccc4F)ccc32)cc1. The second-order valence-electron chi connectivity index (χ2n) is 7.27. The minimum absolute atomic E-state index is 0.101. The average molecular weight is 424 g/mol. The van der Waals surface area contributed by atoms with Crippen LogP contribution in [0.4, 0.5) is 15.8 Å². The number of anilines is 2. The number of fused-ring (bicyclic) bond motifs is 1. The van der Waals surface area contributed by atoms with Crippen LogP contribution in [0.1, 0.15) is 27.9 Å². The second-order valence-corrected chi connectivity index (χ2v) is 9.13. The van der Waals surface area contributed by atoms with Crippen LogP contribution in [0, 0.1) is 12.7 Å². The van der Waals surface area contributed by atoms with Gasteiger partial charge >= 0.3 is 0 Å². The van der Waals surface area contributed by atoms with Crippen molar-refractivity contribution >= 4 is 27.3 Å². The van der Waals surface area contributed by atoms with E-state index in [0.29, 0.717) is 30.6 Å².